The number of nitrogens with zero attached hydrogens (tertiary/aromatic N) is 8. The van der Waals surface area contributed by atoms with Gasteiger partial charge in [-0.2, -0.15) is 10.1 Å². The zero-order valence-corrected chi connectivity index (χ0v) is 19.1. The summed E-state index contributed by atoms with van der Waals surface area (Å²) in [7, 11) is 1.87. The normalized spacial score (nSPS) is 15.9. The third-order valence-corrected chi connectivity index (χ3v) is 6.54. The summed E-state index contributed by atoms with van der Waals surface area (Å²) in [6.45, 7) is 2.72. The van der Waals surface area contributed by atoms with Crippen molar-refractivity contribution in [3.05, 3.63) is 42.7 Å². The smallest absolute Gasteiger partial charge is 0.248 e. The lowest BCUT2D eigenvalue weighted by Gasteiger charge is -2.11. The fourth-order valence-corrected chi connectivity index (χ4v) is 4.51. The second-order valence-corrected chi connectivity index (χ2v) is 9.37. The largest absolute Gasteiger partial charge is 0.476 e. The summed E-state index contributed by atoms with van der Waals surface area (Å²) < 4.78 is 12.1. The van der Waals surface area contributed by atoms with E-state index in [1.165, 1.54) is 25.7 Å². The van der Waals surface area contributed by atoms with E-state index in [1.54, 1.807) is 10.9 Å². The third kappa shape index (κ3) is 3.37. The minimum absolute atomic E-state index is 0.462. The number of aromatic nitrogens is 8. The molecule has 5 aromatic rings. The molecule has 5 heterocycles. The number of hydrogen-bond donors (Lipinski definition) is 1. The number of hydrogen-bond acceptors (Lipinski definition) is 7. The van der Waals surface area contributed by atoms with E-state index >= 15 is 0 Å². The van der Waals surface area contributed by atoms with Crippen LogP contribution in [-0.2, 0) is 7.05 Å². The van der Waals surface area contributed by atoms with E-state index in [9.17, 15) is 0 Å². The second kappa shape index (κ2) is 7.28. The average molecular weight is 456 g/mol. The maximum atomic E-state index is 6.24. The summed E-state index contributed by atoms with van der Waals surface area (Å²) in [6.07, 6.45) is 12.3. The average Bonchev–Trinajstić information content (AvgIpc) is 3.73. The van der Waals surface area contributed by atoms with Gasteiger partial charge >= 0.3 is 0 Å². The number of pyridine rings is 1. The van der Waals surface area contributed by atoms with Crippen LogP contribution >= 0.6 is 0 Å². The molecule has 2 fully saturated rings. The molecule has 0 aliphatic heterocycles. The van der Waals surface area contributed by atoms with Gasteiger partial charge in [0.1, 0.15) is 11.3 Å². The summed E-state index contributed by atoms with van der Waals surface area (Å²) in [5, 5.41) is 12.1. The first-order valence-electron chi connectivity index (χ1n) is 11.8. The van der Waals surface area contributed by atoms with Gasteiger partial charge < -0.3 is 14.6 Å². The van der Waals surface area contributed by atoms with Crippen molar-refractivity contribution in [1.29, 1.82) is 0 Å². The van der Waals surface area contributed by atoms with Crippen molar-refractivity contribution in [3.63, 3.8) is 0 Å². The van der Waals surface area contributed by atoms with Gasteiger partial charge in [0.05, 0.1) is 24.0 Å². The highest BCUT2D eigenvalue weighted by Gasteiger charge is 2.28. The van der Waals surface area contributed by atoms with Crippen molar-refractivity contribution in [2.75, 3.05) is 11.9 Å². The van der Waals surface area contributed by atoms with Gasteiger partial charge in [0, 0.05) is 42.8 Å². The van der Waals surface area contributed by atoms with E-state index in [0.29, 0.717) is 30.4 Å². The van der Waals surface area contributed by atoms with Crippen LogP contribution in [0.3, 0.4) is 0 Å². The second-order valence-electron chi connectivity index (χ2n) is 9.37. The summed E-state index contributed by atoms with van der Waals surface area (Å²) in [5.74, 6) is 2.66. The summed E-state index contributed by atoms with van der Waals surface area (Å²) in [5.41, 5.74) is 5.53. The lowest BCUT2D eigenvalue weighted by atomic mass is 10.1. The molecule has 0 amide bonds. The summed E-state index contributed by atoms with van der Waals surface area (Å²) >= 11 is 0. The van der Waals surface area contributed by atoms with Crippen LogP contribution in [0.4, 0.5) is 11.6 Å². The van der Waals surface area contributed by atoms with Crippen molar-refractivity contribution in [3.8, 4) is 17.0 Å². The van der Waals surface area contributed by atoms with Gasteiger partial charge in [0.15, 0.2) is 5.65 Å². The first-order valence-corrected chi connectivity index (χ1v) is 11.8. The van der Waals surface area contributed by atoms with E-state index < -0.39 is 0 Å². The number of ether oxygens (including phenoxy) is 1. The maximum Gasteiger partial charge on any atom is 0.248 e. The highest BCUT2D eigenvalue weighted by atomic mass is 16.5. The van der Waals surface area contributed by atoms with Gasteiger partial charge in [0.25, 0.3) is 0 Å². The van der Waals surface area contributed by atoms with Crippen LogP contribution < -0.4 is 10.1 Å². The van der Waals surface area contributed by atoms with Gasteiger partial charge in [0.2, 0.25) is 11.8 Å². The van der Waals surface area contributed by atoms with E-state index in [-0.39, 0.29) is 0 Å². The molecule has 2 aliphatic carbocycles. The first kappa shape index (κ1) is 19.5. The zero-order valence-electron chi connectivity index (χ0n) is 19.1. The van der Waals surface area contributed by atoms with Crippen LogP contribution in [0.1, 0.15) is 37.5 Å². The molecule has 1 N–H and O–H groups in total. The maximum absolute atomic E-state index is 6.24. The Labute approximate surface area is 195 Å². The molecule has 0 bridgehead atoms. The van der Waals surface area contributed by atoms with Gasteiger partial charge in [-0.15, -0.1) is 5.10 Å². The van der Waals surface area contributed by atoms with E-state index in [2.05, 4.69) is 44.0 Å². The molecule has 0 saturated heterocycles. The van der Waals surface area contributed by atoms with Crippen molar-refractivity contribution >= 4 is 28.3 Å². The predicted octanol–water partition coefficient (Wildman–Crippen LogP) is 4.05. The Balaban J connectivity index is 1.34. The van der Waals surface area contributed by atoms with Gasteiger partial charge in [-0.05, 0) is 50.7 Å². The monoisotopic (exact) mass is 455 g/mol. The highest BCUT2D eigenvalue weighted by Crippen LogP contribution is 2.40. The Bertz CT molecular complexity index is 1540. The number of anilines is 2. The fourth-order valence-electron chi connectivity index (χ4n) is 4.51. The van der Waals surface area contributed by atoms with Crippen molar-refractivity contribution < 1.29 is 4.74 Å². The topological polar surface area (TPSA) is 100.0 Å². The van der Waals surface area contributed by atoms with Crippen LogP contribution in [0.15, 0.2) is 36.9 Å². The number of nitrogens with one attached hydrogen (secondary N) is 1. The zero-order chi connectivity index (χ0) is 22.8. The van der Waals surface area contributed by atoms with Crippen LogP contribution in [0.5, 0.6) is 5.88 Å². The molecule has 7 rings (SSSR count). The SMILES string of the molecule is Cc1nc2ncc(-c3ccn4nc(Nc5cnn(C)c5)nc(OCC5CC5)c34)cc2n1C1CC1. The Morgan fingerprint density at radius 2 is 2.03 bits per heavy atom. The molecule has 172 valence electrons. The van der Waals surface area contributed by atoms with E-state index in [0.717, 1.165) is 39.3 Å². The standard InChI is InChI=1S/C24H25N9O/c1-14-27-22-20(33(14)18-5-6-18)9-16(10-25-22)19-7-8-32-21(19)23(34-13-15-3-4-15)29-24(30-32)28-17-11-26-31(2)12-17/h7-12,15,18H,3-6,13H2,1-2H3,(H,28,30). The first-order chi connectivity index (χ1) is 16.6. The quantitative estimate of drug-likeness (QED) is 0.395. The molecule has 2 saturated carbocycles. The van der Waals surface area contributed by atoms with Gasteiger partial charge in [-0.1, -0.05) is 0 Å². The Hall–Kier alpha value is -3.95. The Morgan fingerprint density at radius 3 is 2.79 bits per heavy atom. The molecule has 0 radical (unpaired) electrons. The van der Waals surface area contributed by atoms with Crippen molar-refractivity contribution in [2.45, 2.75) is 38.6 Å². The van der Waals surface area contributed by atoms with Crippen LogP contribution in [0, 0.1) is 12.8 Å². The summed E-state index contributed by atoms with van der Waals surface area (Å²) in [4.78, 5) is 14.1. The lowest BCUT2D eigenvalue weighted by Crippen LogP contribution is -2.07. The fraction of sp³-hybridized carbons (Fsp3) is 0.375. The highest BCUT2D eigenvalue weighted by molar-refractivity contribution is 5.88. The van der Waals surface area contributed by atoms with Crippen molar-refractivity contribution in [1.82, 2.24) is 38.9 Å². The molecule has 0 unspecified atom stereocenters. The molecular weight excluding hydrogens is 430 g/mol. The van der Waals surface area contributed by atoms with Crippen LogP contribution in [0.2, 0.25) is 0 Å². The third-order valence-electron chi connectivity index (χ3n) is 6.54. The molecule has 2 aliphatic rings. The number of imidazole rings is 1. The Kier molecular flexibility index (Phi) is 4.18. The predicted molar refractivity (Wildman–Crippen MR) is 127 cm³/mol. The molecule has 0 atom stereocenters. The van der Waals surface area contributed by atoms with Crippen LogP contribution in [-0.4, -0.2) is 45.5 Å². The number of rotatable bonds is 7. The van der Waals surface area contributed by atoms with Gasteiger partial charge in [-0.3, -0.25) is 4.68 Å². The molecule has 34 heavy (non-hydrogen) atoms. The molecule has 0 aromatic carbocycles. The van der Waals surface area contributed by atoms with E-state index in [1.807, 2.05) is 30.2 Å². The summed E-state index contributed by atoms with van der Waals surface area (Å²) in [6, 6.07) is 4.77. The molecule has 5 aromatic heterocycles. The van der Waals surface area contributed by atoms with Crippen LogP contribution in [0.25, 0.3) is 27.8 Å². The molecule has 10 heteroatoms. The lowest BCUT2D eigenvalue weighted by molar-refractivity contribution is 0.290. The van der Waals surface area contributed by atoms with Gasteiger partial charge in [-0.25, -0.2) is 14.5 Å². The molecule has 0 spiro atoms. The minimum Gasteiger partial charge on any atom is -0.476 e. The van der Waals surface area contributed by atoms with E-state index in [4.69, 9.17) is 14.8 Å². The number of aryl methyl sites for hydroxylation is 2. The minimum atomic E-state index is 0.462. The van der Waals surface area contributed by atoms with Crippen molar-refractivity contribution in [2.24, 2.45) is 13.0 Å². The Morgan fingerprint density at radius 1 is 1.15 bits per heavy atom. The number of fused-ring (bicyclic) bond motifs is 2. The molecular formula is C24H25N9O. The molecule has 10 nitrogen and oxygen atoms in total.